The first-order chi connectivity index (χ1) is 12.2. The summed E-state index contributed by atoms with van der Waals surface area (Å²) in [5.41, 5.74) is 3.52. The molecule has 1 amide bonds. The minimum absolute atomic E-state index is 0.0289. The number of H-pyrrole nitrogens is 1. The topological polar surface area (TPSA) is 66.8 Å². The van der Waals surface area contributed by atoms with Gasteiger partial charge in [-0.3, -0.25) is 14.6 Å². The zero-order valence-electron chi connectivity index (χ0n) is 14.2. The van der Waals surface area contributed by atoms with Crippen LogP contribution in [0, 0.1) is 6.92 Å². The molecule has 0 spiro atoms. The minimum atomic E-state index is 0.0289. The van der Waals surface area contributed by atoms with Gasteiger partial charge in [-0.2, -0.15) is 10.2 Å². The lowest BCUT2D eigenvalue weighted by Crippen LogP contribution is -2.40. The van der Waals surface area contributed by atoms with Crippen molar-refractivity contribution in [2.75, 3.05) is 13.1 Å². The van der Waals surface area contributed by atoms with Gasteiger partial charge in [0.2, 0.25) is 0 Å². The van der Waals surface area contributed by atoms with E-state index < -0.39 is 0 Å². The van der Waals surface area contributed by atoms with Crippen LogP contribution >= 0.6 is 0 Å². The normalized spacial score (nSPS) is 17.6. The molecule has 3 heterocycles. The van der Waals surface area contributed by atoms with Crippen molar-refractivity contribution < 1.29 is 4.79 Å². The van der Waals surface area contributed by atoms with Crippen LogP contribution in [0.1, 0.15) is 34.8 Å². The van der Waals surface area contributed by atoms with E-state index in [1.807, 2.05) is 59.2 Å². The predicted molar refractivity (Wildman–Crippen MR) is 95.2 cm³/mol. The van der Waals surface area contributed by atoms with E-state index in [0.717, 1.165) is 36.2 Å². The highest BCUT2D eigenvalue weighted by atomic mass is 16.2. The molecule has 6 nitrogen and oxygen atoms in total. The number of benzene rings is 1. The third kappa shape index (κ3) is 3.07. The molecule has 3 aromatic rings. The quantitative estimate of drug-likeness (QED) is 0.800. The molecule has 1 aliphatic heterocycles. The highest BCUT2D eigenvalue weighted by molar-refractivity contribution is 5.99. The van der Waals surface area contributed by atoms with Crippen LogP contribution in [0.5, 0.6) is 0 Å². The fourth-order valence-corrected chi connectivity index (χ4v) is 3.43. The standard InChI is InChI=1S/C19H21N5O/c1-14-10-21-24(12-14)16-8-5-9-23(13-16)19(25)17-11-20-22-18(17)15-6-3-2-4-7-15/h2-4,6-7,10-12,16H,5,8-9,13H2,1H3,(H,20,22)/t16-/m1/s1. The second-order valence-electron chi connectivity index (χ2n) is 6.57. The van der Waals surface area contributed by atoms with E-state index in [2.05, 4.69) is 15.3 Å². The van der Waals surface area contributed by atoms with Crippen LogP contribution in [0.2, 0.25) is 0 Å². The first kappa shape index (κ1) is 15.6. The number of hydrogen-bond acceptors (Lipinski definition) is 3. The molecule has 4 rings (SSSR count). The predicted octanol–water partition coefficient (Wildman–Crippen LogP) is 3.06. The van der Waals surface area contributed by atoms with Crippen LogP contribution < -0.4 is 0 Å². The number of nitrogens with one attached hydrogen (secondary N) is 1. The second kappa shape index (κ2) is 6.55. The average molecular weight is 335 g/mol. The van der Waals surface area contributed by atoms with Crippen LogP contribution in [-0.4, -0.2) is 43.9 Å². The summed E-state index contributed by atoms with van der Waals surface area (Å²) in [6, 6.07) is 10.1. The summed E-state index contributed by atoms with van der Waals surface area (Å²) >= 11 is 0. The van der Waals surface area contributed by atoms with Gasteiger partial charge in [0.15, 0.2) is 0 Å². The Bertz CT molecular complexity index is 867. The molecule has 0 bridgehead atoms. The molecule has 1 aliphatic rings. The molecule has 6 heteroatoms. The Morgan fingerprint density at radius 3 is 2.84 bits per heavy atom. The van der Waals surface area contributed by atoms with Crippen molar-refractivity contribution in [2.24, 2.45) is 0 Å². The van der Waals surface area contributed by atoms with Crippen LogP contribution in [-0.2, 0) is 0 Å². The molecule has 0 unspecified atom stereocenters. The third-order valence-electron chi connectivity index (χ3n) is 4.72. The maximum Gasteiger partial charge on any atom is 0.257 e. The molecule has 1 fully saturated rings. The zero-order chi connectivity index (χ0) is 17.2. The summed E-state index contributed by atoms with van der Waals surface area (Å²) in [4.78, 5) is 15.0. The van der Waals surface area contributed by atoms with Gasteiger partial charge in [0.1, 0.15) is 0 Å². The highest BCUT2D eigenvalue weighted by Crippen LogP contribution is 2.26. The van der Waals surface area contributed by atoms with Crippen LogP contribution in [0.15, 0.2) is 48.9 Å². The van der Waals surface area contributed by atoms with E-state index in [0.29, 0.717) is 12.1 Å². The Kier molecular flexibility index (Phi) is 4.09. The van der Waals surface area contributed by atoms with Gasteiger partial charge in [-0.05, 0) is 25.3 Å². The second-order valence-corrected chi connectivity index (χ2v) is 6.57. The molecule has 0 saturated carbocycles. The molecule has 25 heavy (non-hydrogen) atoms. The van der Waals surface area contributed by atoms with E-state index in [4.69, 9.17) is 0 Å². The molecule has 1 saturated heterocycles. The first-order valence-corrected chi connectivity index (χ1v) is 8.61. The molecular weight excluding hydrogens is 314 g/mol. The van der Waals surface area contributed by atoms with Crippen molar-refractivity contribution >= 4 is 5.91 Å². The Morgan fingerprint density at radius 2 is 2.08 bits per heavy atom. The fraction of sp³-hybridized carbons (Fsp3) is 0.316. The Hall–Kier alpha value is -2.89. The largest absolute Gasteiger partial charge is 0.336 e. The van der Waals surface area contributed by atoms with Crippen molar-refractivity contribution in [1.29, 1.82) is 0 Å². The van der Waals surface area contributed by atoms with Gasteiger partial charge in [0, 0.05) is 24.8 Å². The number of nitrogens with zero attached hydrogens (tertiary/aromatic N) is 4. The number of likely N-dealkylation sites (tertiary alicyclic amines) is 1. The van der Waals surface area contributed by atoms with Gasteiger partial charge in [0.05, 0.1) is 29.7 Å². The third-order valence-corrected chi connectivity index (χ3v) is 4.72. The summed E-state index contributed by atoms with van der Waals surface area (Å²) in [6.45, 7) is 3.49. The van der Waals surface area contributed by atoms with Crippen molar-refractivity contribution in [1.82, 2.24) is 24.9 Å². The molecule has 128 valence electrons. The number of hydrogen-bond donors (Lipinski definition) is 1. The number of piperidine rings is 1. The molecule has 1 N–H and O–H groups in total. The number of aromatic amines is 1. The van der Waals surface area contributed by atoms with Gasteiger partial charge < -0.3 is 4.90 Å². The monoisotopic (exact) mass is 335 g/mol. The lowest BCUT2D eigenvalue weighted by Gasteiger charge is -2.32. The Morgan fingerprint density at radius 1 is 1.24 bits per heavy atom. The summed E-state index contributed by atoms with van der Waals surface area (Å²) in [6.07, 6.45) is 7.57. The van der Waals surface area contributed by atoms with Crippen molar-refractivity contribution in [3.8, 4) is 11.3 Å². The summed E-state index contributed by atoms with van der Waals surface area (Å²) in [5.74, 6) is 0.0289. The lowest BCUT2D eigenvalue weighted by molar-refractivity contribution is 0.0674. The highest BCUT2D eigenvalue weighted by Gasteiger charge is 2.28. The molecule has 2 aromatic heterocycles. The Balaban J connectivity index is 1.56. The first-order valence-electron chi connectivity index (χ1n) is 8.61. The van der Waals surface area contributed by atoms with E-state index in [1.54, 1.807) is 6.20 Å². The molecule has 1 aromatic carbocycles. The summed E-state index contributed by atoms with van der Waals surface area (Å²) in [7, 11) is 0. The van der Waals surface area contributed by atoms with Crippen LogP contribution in [0.4, 0.5) is 0 Å². The molecular formula is C19H21N5O. The average Bonchev–Trinajstić information content (AvgIpc) is 3.31. The zero-order valence-corrected chi connectivity index (χ0v) is 14.2. The van der Waals surface area contributed by atoms with E-state index in [-0.39, 0.29) is 11.9 Å². The smallest absolute Gasteiger partial charge is 0.257 e. The number of rotatable bonds is 3. The maximum absolute atomic E-state index is 13.1. The number of aromatic nitrogens is 4. The maximum atomic E-state index is 13.1. The van der Waals surface area contributed by atoms with E-state index >= 15 is 0 Å². The van der Waals surface area contributed by atoms with Gasteiger partial charge in [-0.25, -0.2) is 0 Å². The van der Waals surface area contributed by atoms with Crippen molar-refractivity contribution in [3.63, 3.8) is 0 Å². The summed E-state index contributed by atoms with van der Waals surface area (Å²) < 4.78 is 1.99. The SMILES string of the molecule is Cc1cnn([C@@H]2CCCN(C(=O)c3cn[nH]c3-c3ccccc3)C2)c1. The van der Waals surface area contributed by atoms with Crippen LogP contribution in [0.3, 0.4) is 0 Å². The van der Waals surface area contributed by atoms with Gasteiger partial charge in [-0.15, -0.1) is 0 Å². The minimum Gasteiger partial charge on any atom is -0.336 e. The number of amides is 1. The molecule has 0 radical (unpaired) electrons. The van der Waals surface area contributed by atoms with Crippen LogP contribution in [0.25, 0.3) is 11.3 Å². The number of aryl methyl sites for hydroxylation is 1. The van der Waals surface area contributed by atoms with Crippen molar-refractivity contribution in [2.45, 2.75) is 25.8 Å². The molecule has 1 atom stereocenters. The van der Waals surface area contributed by atoms with E-state index in [1.165, 1.54) is 0 Å². The van der Waals surface area contributed by atoms with E-state index in [9.17, 15) is 4.79 Å². The molecule has 0 aliphatic carbocycles. The van der Waals surface area contributed by atoms with Crippen molar-refractivity contribution in [3.05, 3.63) is 60.0 Å². The van der Waals surface area contributed by atoms with Gasteiger partial charge in [0.25, 0.3) is 5.91 Å². The lowest BCUT2D eigenvalue weighted by atomic mass is 10.0. The number of carbonyl (C=O) groups excluding carboxylic acids is 1. The summed E-state index contributed by atoms with van der Waals surface area (Å²) in [5, 5.41) is 11.5. The van der Waals surface area contributed by atoms with Gasteiger partial charge >= 0.3 is 0 Å². The Labute approximate surface area is 146 Å². The van der Waals surface area contributed by atoms with Gasteiger partial charge in [-0.1, -0.05) is 30.3 Å². The fourth-order valence-electron chi connectivity index (χ4n) is 3.43. The number of carbonyl (C=O) groups is 1.